The monoisotopic (exact) mass is 294 g/mol. The van der Waals surface area contributed by atoms with Crippen molar-refractivity contribution in [2.45, 2.75) is 19.8 Å². The van der Waals surface area contributed by atoms with Gasteiger partial charge in [0.15, 0.2) is 0 Å². The first-order valence-corrected chi connectivity index (χ1v) is 6.60. The Bertz CT molecular complexity index is 513. The van der Waals surface area contributed by atoms with Crippen molar-refractivity contribution in [1.82, 2.24) is 4.90 Å². The van der Waals surface area contributed by atoms with Gasteiger partial charge in [0.1, 0.15) is 0 Å². The predicted molar refractivity (Wildman–Crippen MR) is 75.9 cm³/mol. The van der Waals surface area contributed by atoms with Gasteiger partial charge in [-0.1, -0.05) is 6.92 Å². The van der Waals surface area contributed by atoms with Crippen molar-refractivity contribution >= 4 is 17.6 Å². The van der Waals surface area contributed by atoms with E-state index in [1.807, 2.05) is 6.92 Å². The topological polar surface area (TPSA) is 89.8 Å². The minimum absolute atomic E-state index is 0.0665. The van der Waals surface area contributed by atoms with Crippen molar-refractivity contribution in [2.75, 3.05) is 20.2 Å². The number of amides is 1. The van der Waals surface area contributed by atoms with Crippen molar-refractivity contribution in [3.8, 4) is 0 Å². The van der Waals surface area contributed by atoms with Crippen LogP contribution in [0.3, 0.4) is 0 Å². The highest BCUT2D eigenvalue weighted by atomic mass is 16.6. The second-order valence-corrected chi connectivity index (χ2v) is 4.42. The van der Waals surface area contributed by atoms with E-state index in [9.17, 15) is 19.7 Å². The third kappa shape index (κ3) is 4.87. The lowest BCUT2D eigenvalue weighted by molar-refractivity contribution is -0.384. The maximum Gasteiger partial charge on any atom is 0.307 e. The van der Waals surface area contributed by atoms with E-state index in [0.717, 1.165) is 6.42 Å². The second-order valence-electron chi connectivity index (χ2n) is 4.42. The van der Waals surface area contributed by atoms with Crippen LogP contribution in [0, 0.1) is 10.1 Å². The Kier molecular flexibility index (Phi) is 6.32. The summed E-state index contributed by atoms with van der Waals surface area (Å²) in [6, 6.07) is 5.41. The maximum atomic E-state index is 12.3. The van der Waals surface area contributed by atoms with E-state index in [-0.39, 0.29) is 30.5 Å². The SMILES string of the molecule is CCCN(CCC(=O)OC)C(=O)c1ccc([N+](=O)[O-])cc1. The van der Waals surface area contributed by atoms with Gasteiger partial charge >= 0.3 is 5.97 Å². The van der Waals surface area contributed by atoms with Crippen molar-refractivity contribution < 1.29 is 19.2 Å². The number of hydrogen-bond acceptors (Lipinski definition) is 5. The number of nitro benzene ring substituents is 1. The molecule has 1 aromatic rings. The molecule has 0 radical (unpaired) electrons. The van der Waals surface area contributed by atoms with E-state index < -0.39 is 4.92 Å². The van der Waals surface area contributed by atoms with Crippen LogP contribution in [0.1, 0.15) is 30.1 Å². The van der Waals surface area contributed by atoms with Gasteiger partial charge in [-0.25, -0.2) is 0 Å². The summed E-state index contributed by atoms with van der Waals surface area (Å²) in [6.45, 7) is 2.69. The first-order chi connectivity index (χ1) is 9.99. The number of hydrogen-bond donors (Lipinski definition) is 0. The van der Waals surface area contributed by atoms with Crippen molar-refractivity contribution in [2.24, 2.45) is 0 Å². The first kappa shape index (κ1) is 16.6. The number of nitro groups is 1. The summed E-state index contributed by atoms with van der Waals surface area (Å²) in [7, 11) is 1.30. The van der Waals surface area contributed by atoms with Crippen LogP contribution in [-0.4, -0.2) is 41.9 Å². The van der Waals surface area contributed by atoms with Crippen LogP contribution >= 0.6 is 0 Å². The molecule has 0 aromatic heterocycles. The molecule has 0 aliphatic carbocycles. The van der Waals surface area contributed by atoms with Gasteiger partial charge in [0, 0.05) is 30.8 Å². The molecule has 0 saturated carbocycles. The molecule has 0 aliphatic rings. The van der Waals surface area contributed by atoms with Gasteiger partial charge in [-0.05, 0) is 18.6 Å². The van der Waals surface area contributed by atoms with E-state index >= 15 is 0 Å². The summed E-state index contributed by atoms with van der Waals surface area (Å²) < 4.78 is 4.55. The molecule has 7 heteroatoms. The van der Waals surface area contributed by atoms with Crippen molar-refractivity contribution in [3.63, 3.8) is 0 Å². The number of ether oxygens (including phenoxy) is 1. The Morgan fingerprint density at radius 3 is 2.33 bits per heavy atom. The Balaban J connectivity index is 2.79. The molecule has 0 heterocycles. The third-order valence-corrected chi connectivity index (χ3v) is 2.92. The molecule has 0 aliphatic heterocycles. The predicted octanol–water partition coefficient (Wildman–Crippen LogP) is 2.01. The fourth-order valence-electron chi connectivity index (χ4n) is 1.82. The lowest BCUT2D eigenvalue weighted by Crippen LogP contribution is -2.33. The van der Waals surface area contributed by atoms with Crippen molar-refractivity contribution in [3.05, 3.63) is 39.9 Å². The molecule has 1 aromatic carbocycles. The number of rotatable bonds is 7. The van der Waals surface area contributed by atoms with Crippen LogP contribution in [-0.2, 0) is 9.53 Å². The molecule has 7 nitrogen and oxygen atoms in total. The van der Waals surface area contributed by atoms with Crippen LogP contribution in [0.4, 0.5) is 5.69 Å². The molecule has 21 heavy (non-hydrogen) atoms. The number of nitrogens with zero attached hydrogens (tertiary/aromatic N) is 2. The Morgan fingerprint density at radius 2 is 1.86 bits per heavy atom. The van der Waals surface area contributed by atoms with Gasteiger partial charge in [-0.2, -0.15) is 0 Å². The van der Waals surface area contributed by atoms with Gasteiger partial charge in [-0.3, -0.25) is 19.7 Å². The standard InChI is InChI=1S/C14H18N2O5/c1-3-9-15(10-8-13(17)21-2)14(18)11-4-6-12(7-5-11)16(19)20/h4-7H,3,8-10H2,1-2H3. The molecule has 0 spiro atoms. The molecule has 1 rings (SSSR count). The number of benzene rings is 1. The lowest BCUT2D eigenvalue weighted by Gasteiger charge is -2.21. The molecule has 0 bridgehead atoms. The van der Waals surface area contributed by atoms with Gasteiger partial charge < -0.3 is 9.64 Å². The Labute approximate surface area is 122 Å². The quantitative estimate of drug-likeness (QED) is 0.436. The molecule has 114 valence electrons. The van der Waals surface area contributed by atoms with Gasteiger partial charge in [0.2, 0.25) is 0 Å². The molecule has 1 amide bonds. The fraction of sp³-hybridized carbons (Fsp3) is 0.429. The molecular weight excluding hydrogens is 276 g/mol. The van der Waals surface area contributed by atoms with E-state index in [1.165, 1.54) is 36.3 Å². The van der Waals surface area contributed by atoms with Crippen LogP contribution in [0.2, 0.25) is 0 Å². The zero-order valence-corrected chi connectivity index (χ0v) is 12.1. The average Bonchev–Trinajstić information content (AvgIpc) is 2.50. The van der Waals surface area contributed by atoms with Gasteiger partial charge in [-0.15, -0.1) is 0 Å². The van der Waals surface area contributed by atoms with E-state index in [4.69, 9.17) is 0 Å². The van der Waals surface area contributed by atoms with E-state index in [1.54, 1.807) is 0 Å². The van der Waals surface area contributed by atoms with E-state index in [0.29, 0.717) is 12.1 Å². The number of methoxy groups -OCH3 is 1. The first-order valence-electron chi connectivity index (χ1n) is 6.60. The highest BCUT2D eigenvalue weighted by molar-refractivity contribution is 5.94. The van der Waals surface area contributed by atoms with Crippen LogP contribution < -0.4 is 0 Å². The number of non-ortho nitro benzene ring substituents is 1. The summed E-state index contributed by atoms with van der Waals surface area (Å²) in [4.78, 5) is 35.1. The summed E-state index contributed by atoms with van der Waals surface area (Å²) >= 11 is 0. The molecule has 0 saturated heterocycles. The molecule has 0 N–H and O–H groups in total. The van der Waals surface area contributed by atoms with Crippen LogP contribution in [0.5, 0.6) is 0 Å². The van der Waals surface area contributed by atoms with Crippen molar-refractivity contribution in [1.29, 1.82) is 0 Å². The molecule has 0 fully saturated rings. The Hall–Kier alpha value is -2.44. The highest BCUT2D eigenvalue weighted by Crippen LogP contribution is 2.14. The van der Waals surface area contributed by atoms with Crippen LogP contribution in [0.25, 0.3) is 0 Å². The number of esters is 1. The zero-order chi connectivity index (χ0) is 15.8. The minimum atomic E-state index is -0.519. The number of carbonyl (C=O) groups excluding carboxylic acids is 2. The minimum Gasteiger partial charge on any atom is -0.469 e. The molecular formula is C14H18N2O5. The lowest BCUT2D eigenvalue weighted by atomic mass is 10.1. The average molecular weight is 294 g/mol. The molecule has 0 atom stereocenters. The summed E-state index contributed by atoms with van der Waals surface area (Å²) in [5.41, 5.74) is 0.294. The summed E-state index contributed by atoms with van der Waals surface area (Å²) in [5, 5.41) is 10.6. The summed E-state index contributed by atoms with van der Waals surface area (Å²) in [5.74, 6) is -0.636. The molecule has 0 unspecified atom stereocenters. The smallest absolute Gasteiger partial charge is 0.307 e. The normalized spacial score (nSPS) is 10.0. The largest absolute Gasteiger partial charge is 0.469 e. The third-order valence-electron chi connectivity index (χ3n) is 2.92. The number of carbonyl (C=O) groups is 2. The van der Waals surface area contributed by atoms with Crippen LogP contribution in [0.15, 0.2) is 24.3 Å². The van der Waals surface area contributed by atoms with E-state index in [2.05, 4.69) is 4.74 Å². The summed E-state index contributed by atoms with van der Waals surface area (Å²) in [6.07, 6.45) is 0.870. The maximum absolute atomic E-state index is 12.3. The highest BCUT2D eigenvalue weighted by Gasteiger charge is 2.17. The zero-order valence-electron chi connectivity index (χ0n) is 12.1. The van der Waals surface area contributed by atoms with Gasteiger partial charge in [0.05, 0.1) is 18.5 Å². The fourth-order valence-corrected chi connectivity index (χ4v) is 1.82. The Morgan fingerprint density at radius 1 is 1.24 bits per heavy atom. The van der Waals surface area contributed by atoms with Gasteiger partial charge in [0.25, 0.3) is 11.6 Å². The second kappa shape index (κ2) is 7.98.